The van der Waals surface area contributed by atoms with Crippen LogP contribution in [-0.2, 0) is 19.4 Å². The van der Waals surface area contributed by atoms with Crippen molar-refractivity contribution in [3.63, 3.8) is 0 Å². The van der Waals surface area contributed by atoms with Crippen LogP contribution in [0.5, 0.6) is 5.75 Å². The maximum Gasteiger partial charge on any atom is 0.272 e. The quantitative estimate of drug-likeness (QED) is 0.778. The number of nitrogens with one attached hydrogen (secondary N) is 3. The van der Waals surface area contributed by atoms with E-state index >= 15 is 0 Å². The SMILES string of the molecule is COc1ccc(C)cc1CCNC(=O)c1n[nH]c2c1CNCC2. The van der Waals surface area contributed by atoms with Crippen molar-refractivity contribution in [3.05, 3.63) is 46.3 Å². The molecule has 0 atom stereocenters. The lowest BCUT2D eigenvalue weighted by molar-refractivity contribution is 0.0948. The van der Waals surface area contributed by atoms with Crippen molar-refractivity contribution in [2.75, 3.05) is 20.2 Å². The summed E-state index contributed by atoms with van der Waals surface area (Å²) < 4.78 is 5.37. The normalized spacial score (nSPS) is 13.5. The number of amides is 1. The Morgan fingerprint density at radius 2 is 2.30 bits per heavy atom. The molecule has 1 aromatic carbocycles. The Hall–Kier alpha value is -2.34. The Morgan fingerprint density at radius 1 is 1.43 bits per heavy atom. The Balaban J connectivity index is 1.62. The van der Waals surface area contributed by atoms with Crippen LogP contribution in [0.15, 0.2) is 18.2 Å². The molecule has 2 heterocycles. The first-order chi connectivity index (χ1) is 11.2. The number of carbonyl (C=O) groups excluding carboxylic acids is 1. The van der Waals surface area contributed by atoms with Gasteiger partial charge in [-0.1, -0.05) is 17.7 Å². The van der Waals surface area contributed by atoms with Gasteiger partial charge in [-0.05, 0) is 25.0 Å². The molecule has 0 saturated carbocycles. The number of aryl methyl sites for hydroxylation is 1. The average Bonchev–Trinajstić information content (AvgIpc) is 2.99. The lowest BCUT2D eigenvalue weighted by Crippen LogP contribution is -2.29. The Kier molecular flexibility index (Phi) is 4.62. The summed E-state index contributed by atoms with van der Waals surface area (Å²) in [6.45, 7) is 4.21. The van der Waals surface area contributed by atoms with Gasteiger partial charge in [0.15, 0.2) is 5.69 Å². The van der Waals surface area contributed by atoms with Gasteiger partial charge >= 0.3 is 0 Å². The molecule has 0 aliphatic carbocycles. The molecule has 0 radical (unpaired) electrons. The van der Waals surface area contributed by atoms with E-state index in [9.17, 15) is 4.79 Å². The number of aromatic amines is 1. The maximum absolute atomic E-state index is 12.3. The Labute approximate surface area is 135 Å². The first-order valence-corrected chi connectivity index (χ1v) is 7.87. The third-order valence-corrected chi connectivity index (χ3v) is 4.14. The molecule has 3 N–H and O–H groups in total. The molecule has 3 rings (SSSR count). The van der Waals surface area contributed by atoms with Gasteiger partial charge in [-0.15, -0.1) is 0 Å². The number of hydrogen-bond donors (Lipinski definition) is 3. The molecule has 6 nitrogen and oxygen atoms in total. The second kappa shape index (κ2) is 6.83. The first-order valence-electron chi connectivity index (χ1n) is 7.87. The van der Waals surface area contributed by atoms with Gasteiger partial charge in [0.05, 0.1) is 7.11 Å². The number of methoxy groups -OCH3 is 1. The fraction of sp³-hybridized carbons (Fsp3) is 0.412. The molecule has 1 aliphatic rings. The fourth-order valence-electron chi connectivity index (χ4n) is 2.91. The highest BCUT2D eigenvalue weighted by Gasteiger charge is 2.21. The van der Waals surface area contributed by atoms with Crippen LogP contribution in [0.1, 0.15) is 32.9 Å². The van der Waals surface area contributed by atoms with E-state index in [1.165, 1.54) is 5.56 Å². The molecule has 23 heavy (non-hydrogen) atoms. The summed E-state index contributed by atoms with van der Waals surface area (Å²) in [7, 11) is 1.66. The molecule has 1 aromatic heterocycles. The number of rotatable bonds is 5. The van der Waals surface area contributed by atoms with Crippen molar-refractivity contribution < 1.29 is 9.53 Å². The molecule has 1 aliphatic heterocycles. The average molecular weight is 314 g/mol. The van der Waals surface area contributed by atoms with Crippen molar-refractivity contribution in [3.8, 4) is 5.75 Å². The standard InChI is InChI=1S/C17H22N4O2/c1-11-3-4-15(23-2)12(9-11)5-8-19-17(22)16-13-10-18-7-6-14(13)20-21-16/h3-4,9,18H,5-8,10H2,1-2H3,(H,19,22)(H,20,21). The van der Waals surface area contributed by atoms with Gasteiger partial charge in [0.2, 0.25) is 0 Å². The summed E-state index contributed by atoms with van der Waals surface area (Å²) in [5.41, 5.74) is 4.83. The molecule has 0 unspecified atom stereocenters. The number of aromatic nitrogens is 2. The van der Waals surface area contributed by atoms with Gasteiger partial charge in [-0.2, -0.15) is 5.10 Å². The largest absolute Gasteiger partial charge is 0.496 e. The van der Waals surface area contributed by atoms with Crippen molar-refractivity contribution >= 4 is 5.91 Å². The molecular weight excluding hydrogens is 292 g/mol. The monoisotopic (exact) mass is 314 g/mol. The highest BCUT2D eigenvalue weighted by Crippen LogP contribution is 2.20. The van der Waals surface area contributed by atoms with Gasteiger partial charge in [0.1, 0.15) is 5.75 Å². The van der Waals surface area contributed by atoms with E-state index in [1.807, 2.05) is 19.1 Å². The lowest BCUT2D eigenvalue weighted by Gasteiger charge is -2.13. The molecule has 122 valence electrons. The maximum atomic E-state index is 12.3. The lowest BCUT2D eigenvalue weighted by atomic mass is 10.1. The molecule has 1 amide bonds. The first kappa shape index (κ1) is 15.6. The van der Waals surface area contributed by atoms with E-state index in [0.29, 0.717) is 18.8 Å². The Bertz CT molecular complexity index is 709. The number of fused-ring (bicyclic) bond motifs is 1. The zero-order chi connectivity index (χ0) is 16.2. The number of carbonyl (C=O) groups is 1. The zero-order valence-corrected chi connectivity index (χ0v) is 13.5. The van der Waals surface area contributed by atoms with Crippen molar-refractivity contribution in [1.82, 2.24) is 20.8 Å². The van der Waals surface area contributed by atoms with Gasteiger partial charge in [-0.25, -0.2) is 0 Å². The third kappa shape index (κ3) is 3.37. The number of nitrogens with zero attached hydrogens (tertiary/aromatic N) is 1. The van der Waals surface area contributed by atoms with Gasteiger partial charge in [-0.3, -0.25) is 9.89 Å². The predicted molar refractivity (Wildman–Crippen MR) is 87.8 cm³/mol. The van der Waals surface area contributed by atoms with Crippen LogP contribution in [0.25, 0.3) is 0 Å². The molecule has 6 heteroatoms. The summed E-state index contributed by atoms with van der Waals surface area (Å²) in [5, 5.41) is 13.4. The third-order valence-electron chi connectivity index (χ3n) is 4.14. The predicted octanol–water partition coefficient (Wildman–Crippen LogP) is 1.34. The molecule has 0 bridgehead atoms. The van der Waals surface area contributed by atoms with E-state index < -0.39 is 0 Å². The highest BCUT2D eigenvalue weighted by molar-refractivity contribution is 5.94. The number of hydrogen-bond acceptors (Lipinski definition) is 4. The number of ether oxygens (including phenoxy) is 1. The topological polar surface area (TPSA) is 79.0 Å². The summed E-state index contributed by atoms with van der Waals surface area (Å²) >= 11 is 0. The van der Waals surface area contributed by atoms with Gasteiger partial charge in [0, 0.05) is 37.3 Å². The minimum absolute atomic E-state index is 0.127. The summed E-state index contributed by atoms with van der Waals surface area (Å²) in [4.78, 5) is 12.3. The van der Waals surface area contributed by atoms with E-state index in [2.05, 4.69) is 26.9 Å². The van der Waals surface area contributed by atoms with Crippen LogP contribution in [0.3, 0.4) is 0 Å². The minimum atomic E-state index is -0.127. The van der Waals surface area contributed by atoms with Crippen molar-refractivity contribution in [2.45, 2.75) is 26.3 Å². The summed E-state index contributed by atoms with van der Waals surface area (Å²) in [5.74, 6) is 0.726. The van der Waals surface area contributed by atoms with Crippen LogP contribution in [0, 0.1) is 6.92 Å². The molecule has 0 spiro atoms. The molecular formula is C17H22N4O2. The zero-order valence-electron chi connectivity index (χ0n) is 13.5. The van der Waals surface area contributed by atoms with Crippen molar-refractivity contribution in [2.24, 2.45) is 0 Å². The molecule has 0 fully saturated rings. The number of H-pyrrole nitrogens is 1. The van der Waals surface area contributed by atoms with Gasteiger partial charge < -0.3 is 15.4 Å². The number of benzene rings is 1. The Morgan fingerprint density at radius 3 is 3.13 bits per heavy atom. The second-order valence-corrected chi connectivity index (χ2v) is 5.78. The van der Waals surface area contributed by atoms with Crippen LogP contribution >= 0.6 is 0 Å². The second-order valence-electron chi connectivity index (χ2n) is 5.78. The molecule has 2 aromatic rings. The summed E-state index contributed by atoms with van der Waals surface area (Å²) in [6.07, 6.45) is 1.61. The van der Waals surface area contributed by atoms with E-state index in [0.717, 1.165) is 42.0 Å². The van der Waals surface area contributed by atoms with Crippen LogP contribution in [0.2, 0.25) is 0 Å². The van der Waals surface area contributed by atoms with Gasteiger partial charge in [0.25, 0.3) is 5.91 Å². The van der Waals surface area contributed by atoms with E-state index in [-0.39, 0.29) is 5.91 Å². The van der Waals surface area contributed by atoms with Crippen LogP contribution in [-0.4, -0.2) is 36.3 Å². The van der Waals surface area contributed by atoms with Crippen LogP contribution < -0.4 is 15.4 Å². The van der Waals surface area contributed by atoms with E-state index in [1.54, 1.807) is 7.11 Å². The molecule has 0 saturated heterocycles. The van der Waals surface area contributed by atoms with Crippen molar-refractivity contribution in [1.29, 1.82) is 0 Å². The highest BCUT2D eigenvalue weighted by atomic mass is 16.5. The van der Waals surface area contributed by atoms with E-state index in [4.69, 9.17) is 4.74 Å². The minimum Gasteiger partial charge on any atom is -0.496 e. The fourth-order valence-corrected chi connectivity index (χ4v) is 2.91. The summed E-state index contributed by atoms with van der Waals surface area (Å²) in [6, 6.07) is 6.07. The smallest absolute Gasteiger partial charge is 0.272 e. The van der Waals surface area contributed by atoms with Crippen LogP contribution in [0.4, 0.5) is 0 Å².